The summed E-state index contributed by atoms with van der Waals surface area (Å²) in [6.07, 6.45) is 1.96. The molecule has 0 aliphatic rings. The van der Waals surface area contributed by atoms with Crippen molar-refractivity contribution in [1.29, 1.82) is 0 Å². The van der Waals surface area contributed by atoms with Crippen LogP contribution in [0.25, 0.3) is 0 Å². The predicted molar refractivity (Wildman–Crippen MR) is 71.7 cm³/mol. The lowest BCUT2D eigenvalue weighted by Crippen LogP contribution is -2.04. The number of hydrogen-bond acceptors (Lipinski definition) is 2. The molecule has 0 aliphatic carbocycles. The van der Waals surface area contributed by atoms with E-state index in [0.29, 0.717) is 4.77 Å². The lowest BCUT2D eigenvalue weighted by molar-refractivity contribution is 0.724. The third kappa shape index (κ3) is 2.64. The second kappa shape index (κ2) is 5.27. The van der Waals surface area contributed by atoms with E-state index in [0.717, 1.165) is 25.2 Å². The van der Waals surface area contributed by atoms with Gasteiger partial charge in [-0.15, -0.1) is 0 Å². The van der Waals surface area contributed by atoms with Crippen molar-refractivity contribution in [2.45, 2.75) is 33.2 Å². The predicted octanol–water partition coefficient (Wildman–Crippen LogP) is 3.11. The molecule has 0 spiro atoms. The molecule has 2 aromatic rings. The molecule has 0 aliphatic heterocycles. The van der Waals surface area contributed by atoms with Gasteiger partial charge >= 0.3 is 0 Å². The Labute approximate surface area is 106 Å². The molecule has 90 valence electrons. The highest BCUT2D eigenvalue weighted by molar-refractivity contribution is 7.71. The summed E-state index contributed by atoms with van der Waals surface area (Å²) in [6, 6.07) is 8.66. The van der Waals surface area contributed by atoms with Crippen molar-refractivity contribution >= 4 is 12.2 Å². The fourth-order valence-electron chi connectivity index (χ4n) is 1.85. The summed E-state index contributed by atoms with van der Waals surface area (Å²) < 4.78 is 2.75. The molecular weight excluding hydrogens is 230 g/mol. The highest BCUT2D eigenvalue weighted by Gasteiger charge is 2.04. The normalized spacial score (nSPS) is 10.7. The van der Waals surface area contributed by atoms with Crippen LogP contribution in [0.2, 0.25) is 0 Å². The zero-order chi connectivity index (χ0) is 12.3. The van der Waals surface area contributed by atoms with Crippen molar-refractivity contribution in [3.63, 3.8) is 0 Å². The fourth-order valence-corrected chi connectivity index (χ4v) is 2.06. The Balaban J connectivity index is 2.24. The summed E-state index contributed by atoms with van der Waals surface area (Å²) in [5, 5.41) is 7.06. The molecule has 0 radical (unpaired) electrons. The maximum Gasteiger partial charge on any atom is 0.195 e. The van der Waals surface area contributed by atoms with Gasteiger partial charge in [-0.25, -0.2) is 0 Å². The number of H-pyrrole nitrogens is 1. The minimum absolute atomic E-state index is 0.696. The van der Waals surface area contributed by atoms with Crippen molar-refractivity contribution in [2.24, 2.45) is 0 Å². The average Bonchev–Trinajstić information content (AvgIpc) is 2.71. The molecule has 2 rings (SSSR count). The van der Waals surface area contributed by atoms with Crippen LogP contribution in [0.4, 0.5) is 0 Å². The van der Waals surface area contributed by atoms with Crippen molar-refractivity contribution in [3.05, 3.63) is 46.0 Å². The van der Waals surface area contributed by atoms with Crippen LogP contribution < -0.4 is 0 Å². The zero-order valence-electron chi connectivity index (χ0n) is 10.2. The second-order valence-electron chi connectivity index (χ2n) is 4.05. The van der Waals surface area contributed by atoms with Gasteiger partial charge in [-0.3, -0.25) is 9.67 Å². The summed E-state index contributed by atoms with van der Waals surface area (Å²) in [5.41, 5.74) is 2.62. The number of rotatable bonds is 4. The van der Waals surface area contributed by atoms with Crippen molar-refractivity contribution in [3.8, 4) is 0 Å². The Morgan fingerprint density at radius 1 is 1.12 bits per heavy atom. The quantitative estimate of drug-likeness (QED) is 0.842. The number of aryl methyl sites for hydroxylation is 2. The van der Waals surface area contributed by atoms with E-state index in [-0.39, 0.29) is 0 Å². The van der Waals surface area contributed by atoms with E-state index in [1.165, 1.54) is 11.1 Å². The first kappa shape index (κ1) is 12.0. The van der Waals surface area contributed by atoms with Gasteiger partial charge in [0, 0.05) is 6.42 Å². The monoisotopic (exact) mass is 247 g/mol. The molecule has 1 aromatic heterocycles. The van der Waals surface area contributed by atoms with Gasteiger partial charge in [0.05, 0.1) is 6.54 Å². The van der Waals surface area contributed by atoms with Gasteiger partial charge in [0.1, 0.15) is 5.82 Å². The SMILES string of the molecule is CCc1ccc(Cn2c(CC)n[nH]c2=S)cc1. The number of nitrogens with one attached hydrogen (secondary N) is 1. The molecule has 0 bridgehead atoms. The molecule has 0 unspecified atom stereocenters. The van der Waals surface area contributed by atoms with E-state index in [2.05, 4.69) is 52.9 Å². The molecule has 0 saturated carbocycles. The van der Waals surface area contributed by atoms with Gasteiger partial charge in [0.2, 0.25) is 0 Å². The van der Waals surface area contributed by atoms with Crippen LogP contribution in [0.5, 0.6) is 0 Å². The molecular formula is C13H17N3S. The van der Waals surface area contributed by atoms with Crippen LogP contribution in [0.3, 0.4) is 0 Å². The maximum atomic E-state index is 5.23. The van der Waals surface area contributed by atoms with Crippen molar-refractivity contribution < 1.29 is 0 Å². The topological polar surface area (TPSA) is 33.6 Å². The van der Waals surface area contributed by atoms with E-state index in [1.807, 2.05) is 0 Å². The smallest absolute Gasteiger partial charge is 0.195 e. The molecule has 1 N–H and O–H groups in total. The number of nitrogens with zero attached hydrogens (tertiary/aromatic N) is 2. The minimum atomic E-state index is 0.696. The Hall–Kier alpha value is -1.42. The lowest BCUT2D eigenvalue weighted by atomic mass is 10.1. The van der Waals surface area contributed by atoms with Gasteiger partial charge in [-0.05, 0) is 29.8 Å². The summed E-state index contributed by atoms with van der Waals surface area (Å²) in [7, 11) is 0. The third-order valence-electron chi connectivity index (χ3n) is 2.93. The first-order chi connectivity index (χ1) is 8.24. The first-order valence-corrected chi connectivity index (χ1v) is 6.37. The van der Waals surface area contributed by atoms with Crippen LogP contribution in [0.1, 0.15) is 30.8 Å². The van der Waals surface area contributed by atoms with E-state index in [9.17, 15) is 0 Å². The standard InChI is InChI=1S/C13H17N3S/c1-3-10-5-7-11(8-6-10)9-16-12(4-2)14-15-13(16)17/h5-8H,3-4,9H2,1-2H3,(H,15,17). The van der Waals surface area contributed by atoms with Crippen LogP contribution in [0, 0.1) is 4.77 Å². The Morgan fingerprint density at radius 3 is 2.35 bits per heavy atom. The zero-order valence-corrected chi connectivity index (χ0v) is 11.0. The van der Waals surface area contributed by atoms with Gasteiger partial charge in [-0.1, -0.05) is 38.1 Å². The molecule has 0 fully saturated rings. The van der Waals surface area contributed by atoms with Gasteiger partial charge in [0.15, 0.2) is 4.77 Å². The summed E-state index contributed by atoms with van der Waals surface area (Å²) in [6.45, 7) is 5.04. The van der Waals surface area contributed by atoms with Crippen LogP contribution in [-0.4, -0.2) is 14.8 Å². The summed E-state index contributed by atoms with van der Waals surface area (Å²) in [5.74, 6) is 1.01. The summed E-state index contributed by atoms with van der Waals surface area (Å²) >= 11 is 5.23. The van der Waals surface area contributed by atoms with Crippen LogP contribution in [0.15, 0.2) is 24.3 Å². The third-order valence-corrected chi connectivity index (χ3v) is 3.24. The number of hydrogen-bond donors (Lipinski definition) is 1. The Bertz CT molecular complexity index is 537. The van der Waals surface area contributed by atoms with Crippen molar-refractivity contribution in [1.82, 2.24) is 14.8 Å². The number of aromatic nitrogens is 3. The molecule has 4 heteroatoms. The van der Waals surface area contributed by atoms with Crippen LogP contribution >= 0.6 is 12.2 Å². The van der Waals surface area contributed by atoms with Gasteiger partial charge in [0.25, 0.3) is 0 Å². The van der Waals surface area contributed by atoms with Crippen LogP contribution in [-0.2, 0) is 19.4 Å². The maximum absolute atomic E-state index is 5.23. The molecule has 0 amide bonds. The molecule has 1 heterocycles. The fraction of sp³-hybridized carbons (Fsp3) is 0.385. The molecule has 1 aromatic carbocycles. The second-order valence-corrected chi connectivity index (χ2v) is 4.44. The summed E-state index contributed by atoms with van der Waals surface area (Å²) in [4.78, 5) is 0. The van der Waals surface area contributed by atoms with E-state index >= 15 is 0 Å². The highest BCUT2D eigenvalue weighted by Crippen LogP contribution is 2.09. The molecule has 17 heavy (non-hydrogen) atoms. The molecule has 0 saturated heterocycles. The average molecular weight is 247 g/mol. The molecule has 0 atom stereocenters. The number of aromatic amines is 1. The van der Waals surface area contributed by atoms with E-state index in [4.69, 9.17) is 12.2 Å². The van der Waals surface area contributed by atoms with Crippen molar-refractivity contribution in [2.75, 3.05) is 0 Å². The van der Waals surface area contributed by atoms with Gasteiger partial charge < -0.3 is 0 Å². The first-order valence-electron chi connectivity index (χ1n) is 5.96. The Morgan fingerprint density at radius 2 is 1.76 bits per heavy atom. The highest BCUT2D eigenvalue weighted by atomic mass is 32.1. The lowest BCUT2D eigenvalue weighted by Gasteiger charge is -2.06. The minimum Gasteiger partial charge on any atom is -0.300 e. The largest absolute Gasteiger partial charge is 0.300 e. The Kier molecular flexibility index (Phi) is 3.74. The van der Waals surface area contributed by atoms with E-state index < -0.39 is 0 Å². The van der Waals surface area contributed by atoms with Gasteiger partial charge in [-0.2, -0.15) is 5.10 Å². The number of benzene rings is 1. The van der Waals surface area contributed by atoms with E-state index in [1.54, 1.807) is 0 Å². The molecule has 3 nitrogen and oxygen atoms in total.